The van der Waals surface area contributed by atoms with Gasteiger partial charge in [0.25, 0.3) is 0 Å². The molecule has 0 N–H and O–H groups in total. The Morgan fingerprint density at radius 1 is 1.50 bits per heavy atom. The maximum atomic E-state index is 12.3. The van der Waals surface area contributed by atoms with E-state index in [-0.39, 0.29) is 24.5 Å². The van der Waals surface area contributed by atoms with E-state index < -0.39 is 6.09 Å². The van der Waals surface area contributed by atoms with E-state index in [0.717, 1.165) is 5.56 Å². The monoisotopic (exact) mass is 273 g/mol. The molecule has 106 valence electrons. The maximum Gasteiger partial charge on any atom is 0.416 e. The molecule has 2 atom stereocenters. The van der Waals surface area contributed by atoms with Crippen LogP contribution in [0.5, 0.6) is 0 Å². The molecule has 0 bridgehead atoms. The number of carbonyl (C=O) groups excluding carboxylic acids is 2. The third kappa shape index (κ3) is 3.07. The standard InChI is InChI=1S/C16H19NO3/c1-3-7-12(2)15(18)17-14(11-20-16(17)19)10-13-8-5-4-6-9-13/h3-6,8-9,12,14H,1,7,10-11H2,2H3/t12-,14+/m1/s1. The highest BCUT2D eigenvalue weighted by atomic mass is 16.6. The lowest BCUT2D eigenvalue weighted by molar-refractivity contribution is -0.132. The molecule has 4 nitrogen and oxygen atoms in total. The Hall–Kier alpha value is -2.10. The number of imide groups is 1. The molecule has 0 spiro atoms. The fraction of sp³-hybridized carbons (Fsp3) is 0.375. The van der Waals surface area contributed by atoms with Gasteiger partial charge in [-0.1, -0.05) is 43.3 Å². The molecule has 20 heavy (non-hydrogen) atoms. The summed E-state index contributed by atoms with van der Waals surface area (Å²) in [6, 6.07) is 9.58. The Kier molecular flexibility index (Phi) is 4.56. The number of hydrogen-bond acceptors (Lipinski definition) is 3. The van der Waals surface area contributed by atoms with Crippen molar-refractivity contribution >= 4 is 12.0 Å². The summed E-state index contributed by atoms with van der Waals surface area (Å²) >= 11 is 0. The lowest BCUT2D eigenvalue weighted by Crippen LogP contribution is -2.42. The van der Waals surface area contributed by atoms with Gasteiger partial charge in [-0.15, -0.1) is 6.58 Å². The molecule has 0 aliphatic carbocycles. The van der Waals surface area contributed by atoms with Gasteiger partial charge in [-0.05, 0) is 18.4 Å². The molecule has 1 heterocycles. The zero-order valence-electron chi connectivity index (χ0n) is 11.6. The van der Waals surface area contributed by atoms with Crippen LogP contribution < -0.4 is 0 Å². The summed E-state index contributed by atoms with van der Waals surface area (Å²) < 4.78 is 5.04. The van der Waals surface area contributed by atoms with E-state index in [1.54, 1.807) is 13.0 Å². The Bertz CT molecular complexity index is 498. The number of cyclic esters (lactones) is 1. The minimum atomic E-state index is -0.535. The van der Waals surface area contributed by atoms with Crippen molar-refractivity contribution in [3.63, 3.8) is 0 Å². The third-order valence-corrected chi connectivity index (χ3v) is 3.45. The summed E-state index contributed by atoms with van der Waals surface area (Å²) in [5, 5.41) is 0. The van der Waals surface area contributed by atoms with Crippen LogP contribution in [0.25, 0.3) is 0 Å². The number of hydrogen-bond donors (Lipinski definition) is 0. The number of rotatable bonds is 5. The van der Waals surface area contributed by atoms with Crippen molar-refractivity contribution in [1.82, 2.24) is 4.90 Å². The summed E-state index contributed by atoms with van der Waals surface area (Å²) in [5.41, 5.74) is 1.09. The van der Waals surface area contributed by atoms with Crippen molar-refractivity contribution in [2.75, 3.05) is 6.61 Å². The lowest BCUT2D eigenvalue weighted by atomic mass is 10.0. The Morgan fingerprint density at radius 3 is 2.85 bits per heavy atom. The molecule has 0 unspecified atom stereocenters. The van der Waals surface area contributed by atoms with Crippen LogP contribution in [0.3, 0.4) is 0 Å². The molecule has 2 amide bonds. The highest BCUT2D eigenvalue weighted by Crippen LogP contribution is 2.21. The molecular weight excluding hydrogens is 254 g/mol. The summed E-state index contributed by atoms with van der Waals surface area (Å²) in [6.45, 7) is 5.69. The van der Waals surface area contributed by atoms with Crippen LogP contribution in [0.15, 0.2) is 43.0 Å². The zero-order valence-corrected chi connectivity index (χ0v) is 11.6. The first-order valence-corrected chi connectivity index (χ1v) is 6.78. The molecule has 1 aromatic rings. The molecule has 0 aromatic heterocycles. The van der Waals surface area contributed by atoms with E-state index in [1.807, 2.05) is 30.3 Å². The van der Waals surface area contributed by atoms with Crippen LogP contribution in [-0.2, 0) is 16.0 Å². The number of carbonyl (C=O) groups is 2. The molecule has 1 saturated heterocycles. The van der Waals surface area contributed by atoms with E-state index in [0.29, 0.717) is 12.8 Å². The highest BCUT2D eigenvalue weighted by molar-refractivity contribution is 5.94. The average Bonchev–Trinajstić information content (AvgIpc) is 2.80. The first-order valence-electron chi connectivity index (χ1n) is 6.78. The number of allylic oxidation sites excluding steroid dienone is 1. The smallest absolute Gasteiger partial charge is 0.416 e. The molecule has 1 aromatic carbocycles. The maximum absolute atomic E-state index is 12.3. The van der Waals surface area contributed by atoms with Crippen molar-refractivity contribution in [1.29, 1.82) is 0 Å². The van der Waals surface area contributed by atoms with Crippen molar-refractivity contribution < 1.29 is 14.3 Å². The summed E-state index contributed by atoms with van der Waals surface area (Å²) in [4.78, 5) is 25.4. The summed E-state index contributed by atoms with van der Waals surface area (Å²) in [6.07, 6.45) is 2.34. The number of ether oxygens (including phenoxy) is 1. The van der Waals surface area contributed by atoms with E-state index in [2.05, 4.69) is 6.58 Å². The van der Waals surface area contributed by atoms with E-state index in [9.17, 15) is 9.59 Å². The van der Waals surface area contributed by atoms with Crippen LogP contribution in [0.4, 0.5) is 4.79 Å². The SMILES string of the molecule is C=CC[C@@H](C)C(=O)N1C(=O)OC[C@@H]1Cc1ccccc1. The average molecular weight is 273 g/mol. The summed E-state index contributed by atoms with van der Waals surface area (Å²) in [5.74, 6) is -0.440. The van der Waals surface area contributed by atoms with Gasteiger partial charge in [0, 0.05) is 5.92 Å². The van der Waals surface area contributed by atoms with Gasteiger partial charge < -0.3 is 4.74 Å². The van der Waals surface area contributed by atoms with Crippen LogP contribution in [0.2, 0.25) is 0 Å². The number of amides is 2. The van der Waals surface area contributed by atoms with Crippen molar-refractivity contribution in [3.05, 3.63) is 48.6 Å². The van der Waals surface area contributed by atoms with Crippen LogP contribution >= 0.6 is 0 Å². The zero-order chi connectivity index (χ0) is 14.5. The van der Waals surface area contributed by atoms with Gasteiger partial charge in [-0.2, -0.15) is 0 Å². The van der Waals surface area contributed by atoms with E-state index in [4.69, 9.17) is 4.74 Å². The second kappa shape index (κ2) is 6.37. The third-order valence-electron chi connectivity index (χ3n) is 3.45. The fourth-order valence-corrected chi connectivity index (χ4v) is 2.36. The molecular formula is C16H19NO3. The van der Waals surface area contributed by atoms with Gasteiger partial charge in [0.15, 0.2) is 0 Å². The topological polar surface area (TPSA) is 46.6 Å². The van der Waals surface area contributed by atoms with Gasteiger partial charge in [0.2, 0.25) is 5.91 Å². The Morgan fingerprint density at radius 2 is 2.20 bits per heavy atom. The van der Waals surface area contributed by atoms with Gasteiger partial charge >= 0.3 is 6.09 Å². The Balaban J connectivity index is 2.10. The lowest BCUT2D eigenvalue weighted by Gasteiger charge is -2.22. The van der Waals surface area contributed by atoms with Gasteiger partial charge in [0.05, 0.1) is 6.04 Å². The molecule has 2 rings (SSSR count). The van der Waals surface area contributed by atoms with Crippen molar-refractivity contribution in [2.24, 2.45) is 5.92 Å². The van der Waals surface area contributed by atoms with E-state index in [1.165, 1.54) is 4.90 Å². The predicted molar refractivity (Wildman–Crippen MR) is 76.1 cm³/mol. The van der Waals surface area contributed by atoms with Crippen molar-refractivity contribution in [2.45, 2.75) is 25.8 Å². The highest BCUT2D eigenvalue weighted by Gasteiger charge is 2.39. The normalized spacial score (nSPS) is 19.6. The molecule has 1 aliphatic heterocycles. The minimum Gasteiger partial charge on any atom is -0.447 e. The largest absolute Gasteiger partial charge is 0.447 e. The molecule has 0 radical (unpaired) electrons. The van der Waals surface area contributed by atoms with Gasteiger partial charge in [-0.25, -0.2) is 9.69 Å². The fourth-order valence-electron chi connectivity index (χ4n) is 2.36. The van der Waals surface area contributed by atoms with E-state index >= 15 is 0 Å². The first kappa shape index (κ1) is 14.3. The molecule has 4 heteroatoms. The van der Waals surface area contributed by atoms with Crippen LogP contribution in [0.1, 0.15) is 18.9 Å². The van der Waals surface area contributed by atoms with Gasteiger partial charge in [-0.3, -0.25) is 4.79 Å². The second-order valence-corrected chi connectivity index (χ2v) is 5.05. The Labute approximate surface area is 119 Å². The quantitative estimate of drug-likeness (QED) is 0.775. The molecule has 0 saturated carbocycles. The number of benzene rings is 1. The molecule has 1 fully saturated rings. The van der Waals surface area contributed by atoms with Crippen molar-refractivity contribution in [3.8, 4) is 0 Å². The van der Waals surface area contributed by atoms with Gasteiger partial charge in [0.1, 0.15) is 6.61 Å². The number of nitrogens with zero attached hydrogens (tertiary/aromatic N) is 1. The van der Waals surface area contributed by atoms with Crippen LogP contribution in [-0.4, -0.2) is 29.5 Å². The van der Waals surface area contributed by atoms with Crippen LogP contribution in [0, 0.1) is 5.92 Å². The minimum absolute atomic E-state index is 0.187. The second-order valence-electron chi connectivity index (χ2n) is 5.05. The first-order chi connectivity index (χ1) is 9.63. The summed E-state index contributed by atoms with van der Waals surface area (Å²) in [7, 11) is 0. The molecule has 1 aliphatic rings. The predicted octanol–water partition coefficient (Wildman–Crippen LogP) is 2.79.